The van der Waals surface area contributed by atoms with Crippen LogP contribution in [-0.2, 0) is 11.3 Å². The molecule has 3 rings (SSSR count). The Balaban J connectivity index is 1.93. The molecule has 1 aliphatic heterocycles. The quantitative estimate of drug-likeness (QED) is 0.926. The molecule has 1 aliphatic rings. The van der Waals surface area contributed by atoms with Gasteiger partial charge in [-0.2, -0.15) is 0 Å². The summed E-state index contributed by atoms with van der Waals surface area (Å²) < 4.78 is 0.950. The fraction of sp³-hybridized carbons (Fsp3) is 0.143. The lowest BCUT2D eigenvalue weighted by atomic mass is 10.2. The molecule has 5 heteroatoms. The van der Waals surface area contributed by atoms with Gasteiger partial charge in [-0.3, -0.25) is 9.78 Å². The maximum absolute atomic E-state index is 11.7. The van der Waals surface area contributed by atoms with Gasteiger partial charge in [-0.05, 0) is 30.3 Å². The summed E-state index contributed by atoms with van der Waals surface area (Å²) in [5.41, 5.74) is 2.81. The van der Waals surface area contributed by atoms with Gasteiger partial charge in [0.1, 0.15) is 0 Å². The van der Waals surface area contributed by atoms with Crippen molar-refractivity contribution in [1.29, 1.82) is 0 Å². The molecule has 4 nitrogen and oxygen atoms in total. The van der Waals surface area contributed by atoms with Crippen molar-refractivity contribution < 1.29 is 4.79 Å². The second-order valence-electron chi connectivity index (χ2n) is 4.39. The van der Waals surface area contributed by atoms with E-state index in [2.05, 4.69) is 26.2 Å². The van der Waals surface area contributed by atoms with E-state index >= 15 is 0 Å². The second kappa shape index (κ2) is 5.01. The number of anilines is 2. The fourth-order valence-corrected chi connectivity index (χ4v) is 2.52. The number of hydrogen-bond acceptors (Lipinski definition) is 3. The van der Waals surface area contributed by atoms with Crippen LogP contribution in [0.3, 0.4) is 0 Å². The Hall–Kier alpha value is -1.88. The zero-order valence-electron chi connectivity index (χ0n) is 10.1. The topological polar surface area (TPSA) is 45.2 Å². The molecule has 0 bridgehead atoms. The number of rotatable bonds is 2. The largest absolute Gasteiger partial charge is 0.355 e. The SMILES string of the molecule is O=C1CN(Cc2ccccn2)c2ccc(Br)cc2N1. The second-order valence-corrected chi connectivity index (χ2v) is 5.30. The van der Waals surface area contributed by atoms with E-state index in [0.717, 1.165) is 21.5 Å². The molecule has 0 radical (unpaired) electrons. The molecule has 19 heavy (non-hydrogen) atoms. The molecule has 0 saturated carbocycles. The molecule has 0 saturated heterocycles. The van der Waals surface area contributed by atoms with Gasteiger partial charge in [0.05, 0.1) is 30.2 Å². The molecule has 0 fully saturated rings. The minimum atomic E-state index is 0.00142. The normalized spacial score (nSPS) is 13.9. The van der Waals surface area contributed by atoms with Crippen LogP contribution in [0, 0.1) is 0 Å². The first-order valence-electron chi connectivity index (χ1n) is 5.96. The maximum atomic E-state index is 11.7. The lowest BCUT2D eigenvalue weighted by molar-refractivity contribution is -0.115. The molecule has 96 valence electrons. The molecule has 0 unspecified atom stereocenters. The number of nitrogens with one attached hydrogen (secondary N) is 1. The third kappa shape index (κ3) is 2.61. The number of hydrogen-bond donors (Lipinski definition) is 1. The Kier molecular flexibility index (Phi) is 3.21. The van der Waals surface area contributed by atoms with Crippen LogP contribution >= 0.6 is 15.9 Å². The van der Waals surface area contributed by atoms with Gasteiger partial charge in [0, 0.05) is 10.7 Å². The Morgan fingerprint density at radius 3 is 3.00 bits per heavy atom. The molecule has 0 aliphatic carbocycles. The standard InChI is InChI=1S/C14H12BrN3O/c15-10-4-5-13-12(7-10)17-14(19)9-18(13)8-11-3-1-2-6-16-11/h1-7H,8-9H2,(H,17,19). The highest BCUT2D eigenvalue weighted by Gasteiger charge is 2.22. The first kappa shape index (κ1) is 12.2. The van der Waals surface area contributed by atoms with Gasteiger partial charge in [-0.15, -0.1) is 0 Å². The summed E-state index contributed by atoms with van der Waals surface area (Å²) in [4.78, 5) is 18.1. The maximum Gasteiger partial charge on any atom is 0.243 e. The van der Waals surface area contributed by atoms with Crippen LogP contribution in [0.15, 0.2) is 47.1 Å². The molecule has 1 aromatic heterocycles. The van der Waals surface area contributed by atoms with Crippen LogP contribution in [0.2, 0.25) is 0 Å². The average molecular weight is 318 g/mol. The highest BCUT2D eigenvalue weighted by atomic mass is 79.9. The van der Waals surface area contributed by atoms with Crippen molar-refractivity contribution in [3.8, 4) is 0 Å². The molecular formula is C14H12BrN3O. The van der Waals surface area contributed by atoms with Crippen molar-refractivity contribution in [3.05, 3.63) is 52.8 Å². The van der Waals surface area contributed by atoms with Crippen molar-refractivity contribution in [1.82, 2.24) is 4.98 Å². The monoisotopic (exact) mass is 317 g/mol. The highest BCUT2D eigenvalue weighted by Crippen LogP contribution is 2.32. The van der Waals surface area contributed by atoms with Gasteiger partial charge in [-0.25, -0.2) is 0 Å². The summed E-state index contributed by atoms with van der Waals surface area (Å²) in [6.07, 6.45) is 1.77. The van der Waals surface area contributed by atoms with Gasteiger partial charge in [0.2, 0.25) is 5.91 Å². The first-order valence-corrected chi connectivity index (χ1v) is 6.76. The number of halogens is 1. The summed E-state index contributed by atoms with van der Waals surface area (Å²) >= 11 is 3.41. The summed E-state index contributed by atoms with van der Waals surface area (Å²) in [5, 5.41) is 2.89. The van der Waals surface area contributed by atoms with Gasteiger partial charge in [-0.1, -0.05) is 22.0 Å². The fourth-order valence-electron chi connectivity index (χ4n) is 2.16. The Bertz CT molecular complexity index is 615. The minimum Gasteiger partial charge on any atom is -0.355 e. The molecule has 0 atom stereocenters. The lowest BCUT2D eigenvalue weighted by Crippen LogP contribution is -2.37. The van der Waals surface area contributed by atoms with Gasteiger partial charge in [0.25, 0.3) is 0 Å². The number of carbonyl (C=O) groups is 1. The Morgan fingerprint density at radius 2 is 2.21 bits per heavy atom. The first-order chi connectivity index (χ1) is 9.22. The predicted octanol–water partition coefficient (Wildman–Crippen LogP) is 2.80. The summed E-state index contributed by atoms with van der Waals surface area (Å²) in [6, 6.07) is 11.7. The number of fused-ring (bicyclic) bond motifs is 1. The minimum absolute atomic E-state index is 0.00142. The van der Waals surface area contributed by atoms with E-state index in [1.165, 1.54) is 0 Å². The number of amides is 1. The predicted molar refractivity (Wildman–Crippen MR) is 78.1 cm³/mol. The Labute approximate surface area is 119 Å². The number of carbonyl (C=O) groups excluding carboxylic acids is 1. The van der Waals surface area contributed by atoms with Crippen molar-refractivity contribution in [2.24, 2.45) is 0 Å². The summed E-state index contributed by atoms with van der Waals surface area (Å²) in [6.45, 7) is 0.980. The van der Waals surface area contributed by atoms with Crippen molar-refractivity contribution in [2.45, 2.75) is 6.54 Å². The van der Waals surface area contributed by atoms with Crippen molar-refractivity contribution in [3.63, 3.8) is 0 Å². The number of benzene rings is 1. The third-order valence-corrected chi connectivity index (χ3v) is 3.48. The number of aromatic nitrogens is 1. The van der Waals surface area contributed by atoms with E-state index in [0.29, 0.717) is 13.1 Å². The van der Waals surface area contributed by atoms with Crippen LogP contribution < -0.4 is 10.2 Å². The zero-order chi connectivity index (χ0) is 13.2. The Morgan fingerprint density at radius 1 is 1.32 bits per heavy atom. The van der Waals surface area contributed by atoms with Gasteiger partial charge < -0.3 is 10.2 Å². The van der Waals surface area contributed by atoms with E-state index in [4.69, 9.17) is 0 Å². The highest BCUT2D eigenvalue weighted by molar-refractivity contribution is 9.10. The van der Waals surface area contributed by atoms with Gasteiger partial charge in [0.15, 0.2) is 0 Å². The van der Waals surface area contributed by atoms with Crippen LogP contribution in [-0.4, -0.2) is 17.4 Å². The van der Waals surface area contributed by atoms with Crippen molar-refractivity contribution >= 4 is 33.2 Å². The van der Waals surface area contributed by atoms with Crippen molar-refractivity contribution in [2.75, 3.05) is 16.8 Å². The van der Waals surface area contributed by atoms with E-state index in [1.54, 1.807) is 6.20 Å². The van der Waals surface area contributed by atoms with E-state index in [9.17, 15) is 4.79 Å². The molecular weight excluding hydrogens is 306 g/mol. The number of pyridine rings is 1. The van der Waals surface area contributed by atoms with E-state index in [-0.39, 0.29) is 5.91 Å². The van der Waals surface area contributed by atoms with Crippen LogP contribution in [0.4, 0.5) is 11.4 Å². The molecule has 1 amide bonds. The average Bonchev–Trinajstić information content (AvgIpc) is 2.39. The summed E-state index contributed by atoms with van der Waals surface area (Å²) in [7, 11) is 0. The lowest BCUT2D eigenvalue weighted by Gasteiger charge is -2.30. The smallest absolute Gasteiger partial charge is 0.243 e. The molecule has 2 heterocycles. The third-order valence-electron chi connectivity index (χ3n) is 2.99. The van der Waals surface area contributed by atoms with Crippen LogP contribution in [0.5, 0.6) is 0 Å². The summed E-state index contributed by atoms with van der Waals surface area (Å²) in [5.74, 6) is 0.00142. The zero-order valence-corrected chi connectivity index (χ0v) is 11.7. The number of nitrogens with zero attached hydrogens (tertiary/aromatic N) is 2. The molecule has 1 N–H and O–H groups in total. The molecule has 2 aromatic rings. The van der Waals surface area contributed by atoms with E-state index < -0.39 is 0 Å². The van der Waals surface area contributed by atoms with Crippen LogP contribution in [0.1, 0.15) is 5.69 Å². The molecule has 1 aromatic carbocycles. The molecule has 0 spiro atoms. The van der Waals surface area contributed by atoms with Crippen LogP contribution in [0.25, 0.3) is 0 Å². The van der Waals surface area contributed by atoms with Gasteiger partial charge >= 0.3 is 0 Å². The van der Waals surface area contributed by atoms with E-state index in [1.807, 2.05) is 41.3 Å².